The minimum absolute atomic E-state index is 0.290. The Bertz CT molecular complexity index is 570. The fourth-order valence-corrected chi connectivity index (χ4v) is 2.12. The SMILES string of the molecule is Cc1cc(Oc2cccc(F)c2CBr)ccc1F. The fourth-order valence-electron chi connectivity index (χ4n) is 1.57. The van der Waals surface area contributed by atoms with Crippen molar-refractivity contribution in [2.75, 3.05) is 0 Å². The predicted octanol–water partition coefficient (Wildman–Crippen LogP) is 4.96. The van der Waals surface area contributed by atoms with Gasteiger partial charge in [-0.25, -0.2) is 8.78 Å². The zero-order valence-corrected chi connectivity index (χ0v) is 11.3. The highest BCUT2D eigenvalue weighted by molar-refractivity contribution is 9.08. The lowest BCUT2D eigenvalue weighted by atomic mass is 10.2. The Morgan fingerprint density at radius 1 is 1.11 bits per heavy atom. The maximum Gasteiger partial charge on any atom is 0.134 e. The second-order valence-corrected chi connectivity index (χ2v) is 4.42. The van der Waals surface area contributed by atoms with Crippen LogP contribution in [0.4, 0.5) is 8.78 Å². The van der Waals surface area contributed by atoms with E-state index in [2.05, 4.69) is 15.9 Å². The summed E-state index contributed by atoms with van der Waals surface area (Å²) in [6.07, 6.45) is 0. The fraction of sp³-hybridized carbons (Fsp3) is 0.143. The quantitative estimate of drug-likeness (QED) is 0.728. The van der Waals surface area contributed by atoms with Crippen LogP contribution in [0.25, 0.3) is 0 Å². The Morgan fingerprint density at radius 2 is 1.89 bits per heavy atom. The first-order valence-electron chi connectivity index (χ1n) is 5.39. The average Bonchev–Trinajstić information content (AvgIpc) is 2.34. The molecule has 0 unspecified atom stereocenters. The van der Waals surface area contributed by atoms with Crippen LogP contribution in [-0.4, -0.2) is 0 Å². The number of halogens is 3. The van der Waals surface area contributed by atoms with Crippen LogP contribution < -0.4 is 4.74 Å². The van der Waals surface area contributed by atoms with Crippen molar-refractivity contribution in [2.45, 2.75) is 12.3 Å². The second kappa shape index (κ2) is 5.48. The third kappa shape index (κ3) is 2.70. The molecule has 0 heterocycles. The maximum atomic E-state index is 13.5. The molecule has 4 heteroatoms. The Kier molecular flexibility index (Phi) is 3.97. The van der Waals surface area contributed by atoms with Gasteiger partial charge in [-0.05, 0) is 42.8 Å². The highest BCUT2D eigenvalue weighted by Gasteiger charge is 2.09. The van der Waals surface area contributed by atoms with Gasteiger partial charge in [0.1, 0.15) is 23.1 Å². The summed E-state index contributed by atoms with van der Waals surface area (Å²) in [5.41, 5.74) is 0.934. The van der Waals surface area contributed by atoms with Crippen molar-refractivity contribution in [3.63, 3.8) is 0 Å². The molecule has 0 fully saturated rings. The lowest BCUT2D eigenvalue weighted by molar-refractivity contribution is 0.468. The third-order valence-corrected chi connectivity index (χ3v) is 3.13. The summed E-state index contributed by atoms with van der Waals surface area (Å²) >= 11 is 3.22. The number of aryl methyl sites for hydroxylation is 1. The van der Waals surface area contributed by atoms with E-state index in [4.69, 9.17) is 4.74 Å². The van der Waals surface area contributed by atoms with E-state index in [9.17, 15) is 8.78 Å². The summed E-state index contributed by atoms with van der Waals surface area (Å²) in [4.78, 5) is 0. The Hall–Kier alpha value is -1.42. The second-order valence-electron chi connectivity index (χ2n) is 3.86. The van der Waals surface area contributed by atoms with Gasteiger partial charge in [-0.2, -0.15) is 0 Å². The number of ether oxygens (including phenoxy) is 1. The number of rotatable bonds is 3. The van der Waals surface area contributed by atoms with Crippen molar-refractivity contribution in [3.05, 3.63) is 59.2 Å². The van der Waals surface area contributed by atoms with Gasteiger partial charge in [-0.15, -0.1) is 0 Å². The van der Waals surface area contributed by atoms with E-state index in [1.54, 1.807) is 25.1 Å². The molecule has 0 radical (unpaired) electrons. The molecule has 18 heavy (non-hydrogen) atoms. The monoisotopic (exact) mass is 312 g/mol. The zero-order valence-electron chi connectivity index (χ0n) is 9.71. The number of benzene rings is 2. The topological polar surface area (TPSA) is 9.23 Å². The lowest BCUT2D eigenvalue weighted by Gasteiger charge is -2.11. The first-order chi connectivity index (χ1) is 8.61. The van der Waals surface area contributed by atoms with Crippen molar-refractivity contribution >= 4 is 15.9 Å². The van der Waals surface area contributed by atoms with E-state index in [1.807, 2.05) is 0 Å². The molecule has 0 N–H and O–H groups in total. The summed E-state index contributed by atoms with van der Waals surface area (Å²) in [6.45, 7) is 1.65. The zero-order chi connectivity index (χ0) is 13.1. The van der Waals surface area contributed by atoms with E-state index < -0.39 is 0 Å². The van der Waals surface area contributed by atoms with Crippen molar-refractivity contribution < 1.29 is 13.5 Å². The number of hydrogen-bond acceptors (Lipinski definition) is 1. The van der Waals surface area contributed by atoms with E-state index >= 15 is 0 Å². The van der Waals surface area contributed by atoms with E-state index in [0.29, 0.717) is 28.0 Å². The van der Waals surface area contributed by atoms with Gasteiger partial charge in [-0.1, -0.05) is 22.0 Å². The molecule has 0 saturated heterocycles. The standard InChI is InChI=1S/C14H11BrF2O/c1-9-7-10(5-6-12(9)16)18-14-4-2-3-13(17)11(14)8-15/h2-7H,8H2,1H3. The molecular weight excluding hydrogens is 302 g/mol. The first kappa shape index (κ1) is 13.0. The van der Waals surface area contributed by atoms with E-state index in [1.165, 1.54) is 18.2 Å². The van der Waals surface area contributed by atoms with Crippen LogP contribution in [0.15, 0.2) is 36.4 Å². The molecule has 0 aliphatic carbocycles. The molecule has 0 aliphatic heterocycles. The molecule has 0 bridgehead atoms. The van der Waals surface area contributed by atoms with E-state index in [-0.39, 0.29) is 11.6 Å². The van der Waals surface area contributed by atoms with Gasteiger partial charge in [0.2, 0.25) is 0 Å². The summed E-state index contributed by atoms with van der Waals surface area (Å²) < 4.78 is 32.2. The third-order valence-electron chi connectivity index (χ3n) is 2.57. The van der Waals surface area contributed by atoms with Gasteiger partial charge < -0.3 is 4.74 Å². The first-order valence-corrected chi connectivity index (χ1v) is 6.51. The maximum absolute atomic E-state index is 13.5. The normalized spacial score (nSPS) is 10.4. The summed E-state index contributed by atoms with van der Waals surface area (Å²) in [6, 6.07) is 9.06. The average molecular weight is 313 g/mol. The van der Waals surface area contributed by atoms with Crippen LogP contribution in [0.5, 0.6) is 11.5 Å². The predicted molar refractivity (Wildman–Crippen MR) is 70.2 cm³/mol. The molecule has 0 spiro atoms. The summed E-state index contributed by atoms with van der Waals surface area (Å²) in [5.74, 6) is 0.296. The molecule has 0 saturated carbocycles. The summed E-state index contributed by atoms with van der Waals surface area (Å²) in [5, 5.41) is 0.356. The minimum Gasteiger partial charge on any atom is -0.457 e. The molecular formula is C14H11BrF2O. The molecule has 0 atom stereocenters. The van der Waals surface area contributed by atoms with Gasteiger partial charge in [0.25, 0.3) is 0 Å². The summed E-state index contributed by atoms with van der Waals surface area (Å²) in [7, 11) is 0. The Labute approximate surface area is 113 Å². The lowest BCUT2D eigenvalue weighted by Crippen LogP contribution is -1.93. The van der Waals surface area contributed by atoms with E-state index in [0.717, 1.165) is 0 Å². The van der Waals surface area contributed by atoms with Gasteiger partial charge in [-0.3, -0.25) is 0 Å². The number of hydrogen-bond donors (Lipinski definition) is 0. The molecule has 2 rings (SSSR count). The highest BCUT2D eigenvalue weighted by atomic mass is 79.9. The minimum atomic E-state index is -0.330. The molecule has 0 amide bonds. The van der Waals surface area contributed by atoms with Gasteiger partial charge in [0.05, 0.1) is 0 Å². The largest absolute Gasteiger partial charge is 0.457 e. The molecule has 2 aromatic carbocycles. The number of alkyl halides is 1. The smallest absolute Gasteiger partial charge is 0.134 e. The molecule has 2 aromatic rings. The van der Waals surface area contributed by atoms with Crippen LogP contribution in [0.3, 0.4) is 0 Å². The van der Waals surface area contributed by atoms with Crippen LogP contribution in [0.2, 0.25) is 0 Å². The highest BCUT2D eigenvalue weighted by Crippen LogP contribution is 2.29. The van der Waals surface area contributed by atoms with Crippen LogP contribution in [0.1, 0.15) is 11.1 Å². The van der Waals surface area contributed by atoms with Crippen molar-refractivity contribution in [3.8, 4) is 11.5 Å². The van der Waals surface area contributed by atoms with Gasteiger partial charge in [0, 0.05) is 10.9 Å². The molecule has 94 valence electrons. The molecule has 0 aromatic heterocycles. The Morgan fingerprint density at radius 3 is 2.56 bits per heavy atom. The van der Waals surface area contributed by atoms with Gasteiger partial charge in [0.15, 0.2) is 0 Å². The Balaban J connectivity index is 2.34. The van der Waals surface area contributed by atoms with Crippen LogP contribution >= 0.6 is 15.9 Å². The van der Waals surface area contributed by atoms with Crippen molar-refractivity contribution in [2.24, 2.45) is 0 Å². The van der Waals surface area contributed by atoms with Gasteiger partial charge >= 0.3 is 0 Å². The van der Waals surface area contributed by atoms with Crippen LogP contribution in [-0.2, 0) is 5.33 Å². The molecule has 0 aliphatic rings. The van der Waals surface area contributed by atoms with Crippen LogP contribution in [0, 0.1) is 18.6 Å². The van der Waals surface area contributed by atoms with Crippen molar-refractivity contribution in [1.29, 1.82) is 0 Å². The molecule has 1 nitrogen and oxygen atoms in total. The van der Waals surface area contributed by atoms with Crippen molar-refractivity contribution in [1.82, 2.24) is 0 Å².